The molecule has 3 fully saturated rings. The lowest BCUT2D eigenvalue weighted by atomic mass is 9.96. The monoisotopic (exact) mass is 351 g/mol. The van der Waals surface area contributed by atoms with Crippen LogP contribution in [0.4, 0.5) is 0 Å². The highest BCUT2D eigenvalue weighted by Crippen LogP contribution is 2.39. The van der Waals surface area contributed by atoms with Crippen molar-refractivity contribution in [2.75, 3.05) is 0 Å². The highest BCUT2D eigenvalue weighted by atomic mass is 79.9. The van der Waals surface area contributed by atoms with Crippen LogP contribution in [0.1, 0.15) is 69.5 Å². The number of aromatic nitrogens is 2. The van der Waals surface area contributed by atoms with Crippen LogP contribution in [0, 0.1) is 0 Å². The maximum atomic E-state index is 4.91. The molecular weight excluding hydrogens is 326 g/mol. The van der Waals surface area contributed by atoms with Gasteiger partial charge in [-0.25, -0.2) is 0 Å². The van der Waals surface area contributed by atoms with Crippen LogP contribution >= 0.6 is 15.9 Å². The van der Waals surface area contributed by atoms with Gasteiger partial charge >= 0.3 is 0 Å². The smallest absolute Gasteiger partial charge is 0.0765 e. The average molecular weight is 352 g/mol. The van der Waals surface area contributed by atoms with Crippen molar-refractivity contribution in [1.29, 1.82) is 0 Å². The lowest BCUT2D eigenvalue weighted by molar-refractivity contribution is 0.134. The van der Waals surface area contributed by atoms with Crippen LogP contribution < -0.4 is 0 Å². The lowest BCUT2D eigenvalue weighted by Crippen LogP contribution is -2.42. The van der Waals surface area contributed by atoms with Crippen LogP contribution in [-0.2, 0) is 6.54 Å². The van der Waals surface area contributed by atoms with Crippen LogP contribution in [0.3, 0.4) is 0 Å². The third kappa shape index (κ3) is 2.94. The maximum Gasteiger partial charge on any atom is 0.0765 e. The molecule has 0 aromatic carbocycles. The number of fused-ring (bicyclic) bond motifs is 2. The molecule has 116 valence electrons. The van der Waals surface area contributed by atoms with Gasteiger partial charge < -0.3 is 0 Å². The fraction of sp³-hybridized carbons (Fsp3) is 0.824. The zero-order valence-corrected chi connectivity index (χ0v) is 14.3. The van der Waals surface area contributed by atoms with E-state index in [0.717, 1.165) is 23.5 Å². The molecule has 1 aromatic rings. The fourth-order valence-electron chi connectivity index (χ4n) is 4.66. The first kappa shape index (κ1) is 14.3. The Balaban J connectivity index is 1.42. The summed E-state index contributed by atoms with van der Waals surface area (Å²) < 4.78 is 2.26. The van der Waals surface area contributed by atoms with Gasteiger partial charge in [0.25, 0.3) is 0 Å². The standard InChI is InChI=1S/C17H26BrN3/c18-13-10-16-6-7-17(11-13)20(16)12-14-8-9-21(19-14)15-4-2-1-3-5-15/h8-9,13,15-17H,1-7,10-12H2. The molecule has 2 aliphatic heterocycles. The molecule has 3 heterocycles. The molecule has 2 bridgehead atoms. The second kappa shape index (κ2) is 6.04. The summed E-state index contributed by atoms with van der Waals surface area (Å²) in [6.07, 6.45) is 14.4. The van der Waals surface area contributed by atoms with E-state index in [9.17, 15) is 0 Å². The molecule has 2 atom stereocenters. The molecule has 1 aliphatic carbocycles. The first-order chi connectivity index (χ1) is 10.3. The summed E-state index contributed by atoms with van der Waals surface area (Å²) in [5.74, 6) is 0. The Labute approximate surface area is 136 Å². The largest absolute Gasteiger partial charge is 0.291 e. The molecule has 1 aromatic heterocycles. The molecule has 3 aliphatic rings. The Hall–Kier alpha value is -0.350. The number of nitrogens with zero attached hydrogens (tertiary/aromatic N) is 3. The van der Waals surface area contributed by atoms with Gasteiger partial charge in [0, 0.05) is 29.7 Å². The van der Waals surface area contributed by atoms with Crippen molar-refractivity contribution < 1.29 is 0 Å². The summed E-state index contributed by atoms with van der Waals surface area (Å²) in [5.41, 5.74) is 1.28. The summed E-state index contributed by atoms with van der Waals surface area (Å²) in [6, 6.07) is 4.49. The van der Waals surface area contributed by atoms with Gasteiger partial charge in [-0.1, -0.05) is 35.2 Å². The van der Waals surface area contributed by atoms with Gasteiger partial charge in [0.1, 0.15) is 0 Å². The van der Waals surface area contributed by atoms with Crippen molar-refractivity contribution in [2.45, 2.75) is 87.3 Å². The van der Waals surface area contributed by atoms with Gasteiger partial charge in [-0.05, 0) is 44.6 Å². The van der Waals surface area contributed by atoms with Crippen molar-refractivity contribution in [3.63, 3.8) is 0 Å². The normalized spacial score (nSPS) is 34.4. The molecule has 0 spiro atoms. The molecular formula is C17H26BrN3. The minimum atomic E-state index is 0.664. The second-order valence-electron chi connectivity index (χ2n) is 7.20. The van der Waals surface area contributed by atoms with Gasteiger partial charge in [0.2, 0.25) is 0 Å². The molecule has 4 rings (SSSR count). The van der Waals surface area contributed by atoms with E-state index in [2.05, 4.69) is 37.8 Å². The van der Waals surface area contributed by atoms with E-state index in [1.165, 1.54) is 63.5 Å². The fourth-order valence-corrected chi connectivity index (χ4v) is 5.53. The van der Waals surface area contributed by atoms with Gasteiger partial charge in [0.05, 0.1) is 11.7 Å². The van der Waals surface area contributed by atoms with Gasteiger partial charge in [-0.3, -0.25) is 9.58 Å². The Morgan fingerprint density at radius 1 is 1.00 bits per heavy atom. The van der Waals surface area contributed by atoms with Crippen molar-refractivity contribution in [2.24, 2.45) is 0 Å². The van der Waals surface area contributed by atoms with Gasteiger partial charge in [-0.2, -0.15) is 5.10 Å². The predicted molar refractivity (Wildman–Crippen MR) is 88.7 cm³/mol. The molecule has 2 saturated heterocycles. The third-order valence-electron chi connectivity index (χ3n) is 5.78. The predicted octanol–water partition coefficient (Wildman–Crippen LogP) is 4.28. The number of hydrogen-bond donors (Lipinski definition) is 0. The first-order valence-electron chi connectivity index (χ1n) is 8.73. The van der Waals surface area contributed by atoms with Crippen LogP contribution in [0.5, 0.6) is 0 Å². The number of halogens is 1. The van der Waals surface area contributed by atoms with E-state index in [-0.39, 0.29) is 0 Å². The summed E-state index contributed by atoms with van der Waals surface area (Å²) in [6.45, 7) is 1.06. The minimum Gasteiger partial charge on any atom is -0.291 e. The van der Waals surface area contributed by atoms with E-state index in [4.69, 9.17) is 5.10 Å². The lowest BCUT2D eigenvalue weighted by Gasteiger charge is -2.36. The maximum absolute atomic E-state index is 4.91. The Morgan fingerprint density at radius 2 is 1.71 bits per heavy atom. The number of hydrogen-bond acceptors (Lipinski definition) is 2. The van der Waals surface area contributed by atoms with Crippen LogP contribution in [0.25, 0.3) is 0 Å². The van der Waals surface area contributed by atoms with Crippen molar-refractivity contribution in [3.05, 3.63) is 18.0 Å². The average Bonchev–Trinajstić information content (AvgIpc) is 3.05. The van der Waals surface area contributed by atoms with Crippen LogP contribution in [0.15, 0.2) is 12.3 Å². The molecule has 4 heteroatoms. The summed E-state index contributed by atoms with van der Waals surface area (Å²) in [7, 11) is 0. The second-order valence-corrected chi connectivity index (χ2v) is 8.50. The van der Waals surface area contributed by atoms with Crippen molar-refractivity contribution >= 4 is 15.9 Å². The zero-order valence-electron chi connectivity index (χ0n) is 12.8. The van der Waals surface area contributed by atoms with E-state index in [1.54, 1.807) is 0 Å². The Morgan fingerprint density at radius 3 is 2.43 bits per heavy atom. The summed E-state index contributed by atoms with van der Waals surface area (Å²) in [5, 5.41) is 4.91. The van der Waals surface area contributed by atoms with E-state index < -0.39 is 0 Å². The zero-order chi connectivity index (χ0) is 14.2. The molecule has 21 heavy (non-hydrogen) atoms. The molecule has 2 unspecified atom stereocenters. The van der Waals surface area contributed by atoms with Crippen LogP contribution in [0.2, 0.25) is 0 Å². The number of rotatable bonds is 3. The van der Waals surface area contributed by atoms with Crippen LogP contribution in [-0.4, -0.2) is 31.6 Å². The van der Waals surface area contributed by atoms with Crippen molar-refractivity contribution in [1.82, 2.24) is 14.7 Å². The molecule has 0 radical (unpaired) electrons. The van der Waals surface area contributed by atoms with Gasteiger partial charge in [-0.15, -0.1) is 0 Å². The highest BCUT2D eigenvalue weighted by molar-refractivity contribution is 9.09. The molecule has 1 saturated carbocycles. The molecule has 3 nitrogen and oxygen atoms in total. The molecule has 0 amide bonds. The number of alkyl halides is 1. The third-order valence-corrected chi connectivity index (χ3v) is 6.53. The van der Waals surface area contributed by atoms with E-state index in [0.29, 0.717) is 6.04 Å². The number of piperidine rings is 1. The van der Waals surface area contributed by atoms with E-state index >= 15 is 0 Å². The summed E-state index contributed by atoms with van der Waals surface area (Å²) >= 11 is 3.83. The topological polar surface area (TPSA) is 21.1 Å². The Bertz CT molecular complexity index is 466. The highest BCUT2D eigenvalue weighted by Gasteiger charge is 2.39. The van der Waals surface area contributed by atoms with E-state index in [1.807, 2.05) is 0 Å². The molecule has 0 N–H and O–H groups in total. The Kier molecular flexibility index (Phi) is 4.10. The first-order valence-corrected chi connectivity index (χ1v) is 9.65. The SMILES string of the molecule is BrC1CC2CCC(C1)N2Cc1ccn(C2CCCCC2)n1. The quantitative estimate of drug-likeness (QED) is 0.757. The van der Waals surface area contributed by atoms with Gasteiger partial charge in [0.15, 0.2) is 0 Å². The minimum absolute atomic E-state index is 0.664. The summed E-state index contributed by atoms with van der Waals surface area (Å²) in [4.78, 5) is 3.47. The van der Waals surface area contributed by atoms with Crippen molar-refractivity contribution in [3.8, 4) is 0 Å².